The van der Waals surface area contributed by atoms with Gasteiger partial charge in [0.15, 0.2) is 5.65 Å². The number of aliphatic hydroxyl groups excluding tert-OH is 2. The molecule has 0 aliphatic carbocycles. The summed E-state index contributed by atoms with van der Waals surface area (Å²) >= 11 is 0. The van der Waals surface area contributed by atoms with Crippen LogP contribution in [-0.2, 0) is 18.3 Å². The Morgan fingerprint density at radius 3 is 3.00 bits per heavy atom. The van der Waals surface area contributed by atoms with E-state index < -0.39 is 6.10 Å². The Balaban J connectivity index is 1.61. The summed E-state index contributed by atoms with van der Waals surface area (Å²) in [6.07, 6.45) is 2.62. The van der Waals surface area contributed by atoms with Gasteiger partial charge in [0.25, 0.3) is 0 Å². The molecule has 0 saturated carbocycles. The zero-order valence-corrected chi connectivity index (χ0v) is 13.2. The number of aromatic nitrogens is 3. The second-order valence-corrected chi connectivity index (χ2v) is 6.07. The fourth-order valence-electron chi connectivity index (χ4n) is 3.09. The highest BCUT2D eigenvalue weighted by Gasteiger charge is 2.29. The van der Waals surface area contributed by atoms with Gasteiger partial charge < -0.3 is 19.7 Å². The molecule has 1 aliphatic heterocycles. The van der Waals surface area contributed by atoms with Gasteiger partial charge in [-0.25, -0.2) is 9.97 Å². The zero-order chi connectivity index (χ0) is 16.4. The van der Waals surface area contributed by atoms with Gasteiger partial charge in [0.05, 0.1) is 6.10 Å². The minimum absolute atomic E-state index is 0.0143. The van der Waals surface area contributed by atoms with Crippen LogP contribution in [0, 0.1) is 5.92 Å². The summed E-state index contributed by atoms with van der Waals surface area (Å²) < 4.78 is 1.91. The van der Waals surface area contributed by atoms with Crippen molar-refractivity contribution in [3.63, 3.8) is 0 Å². The minimum atomic E-state index is -0.641. The molecule has 0 aromatic carbocycles. The molecular formula is C16H22N4O3. The number of β-amino-alcohol motifs (C(OH)–C–C–N with tert-alkyl or cyclic N) is 1. The van der Waals surface area contributed by atoms with Gasteiger partial charge in [-0.3, -0.25) is 4.79 Å². The Hall–Kier alpha value is -1.99. The molecule has 3 rings (SSSR count). The molecule has 7 heteroatoms. The van der Waals surface area contributed by atoms with E-state index in [0.717, 1.165) is 17.0 Å². The SMILES string of the molecule is Cn1c(CCC(=O)N2CC[C@H](CO)[C@H](O)C2)nc2cccnc21. The van der Waals surface area contributed by atoms with E-state index >= 15 is 0 Å². The average Bonchev–Trinajstić information content (AvgIpc) is 2.89. The van der Waals surface area contributed by atoms with E-state index in [1.807, 2.05) is 23.7 Å². The quantitative estimate of drug-likeness (QED) is 0.834. The Morgan fingerprint density at radius 2 is 2.30 bits per heavy atom. The summed E-state index contributed by atoms with van der Waals surface area (Å²) in [6.45, 7) is 0.857. The lowest BCUT2D eigenvalue weighted by molar-refractivity contribution is -0.136. The number of nitrogens with zero attached hydrogens (tertiary/aromatic N) is 4. The molecule has 2 N–H and O–H groups in total. The van der Waals surface area contributed by atoms with Gasteiger partial charge >= 0.3 is 0 Å². The van der Waals surface area contributed by atoms with E-state index in [1.165, 1.54) is 0 Å². The molecule has 1 amide bonds. The summed E-state index contributed by atoms with van der Waals surface area (Å²) in [5.74, 6) is 0.725. The Labute approximate surface area is 134 Å². The summed E-state index contributed by atoms with van der Waals surface area (Å²) in [5, 5.41) is 19.1. The zero-order valence-electron chi connectivity index (χ0n) is 13.2. The number of hydrogen-bond acceptors (Lipinski definition) is 5. The van der Waals surface area contributed by atoms with E-state index in [0.29, 0.717) is 32.4 Å². The summed E-state index contributed by atoms with van der Waals surface area (Å²) in [4.78, 5) is 22.8. The van der Waals surface area contributed by atoms with Crippen LogP contribution in [0.3, 0.4) is 0 Å². The number of aryl methyl sites for hydroxylation is 2. The van der Waals surface area contributed by atoms with Crippen LogP contribution in [0.2, 0.25) is 0 Å². The molecule has 1 aliphatic rings. The first-order valence-electron chi connectivity index (χ1n) is 7.93. The lowest BCUT2D eigenvalue weighted by Gasteiger charge is -2.35. The van der Waals surface area contributed by atoms with Gasteiger partial charge in [-0.05, 0) is 18.6 Å². The first-order valence-corrected chi connectivity index (χ1v) is 7.93. The number of carbonyl (C=O) groups excluding carboxylic acids is 1. The number of carbonyl (C=O) groups is 1. The van der Waals surface area contributed by atoms with Crippen LogP contribution >= 0.6 is 0 Å². The van der Waals surface area contributed by atoms with E-state index in [2.05, 4.69) is 9.97 Å². The summed E-state index contributed by atoms with van der Waals surface area (Å²) in [7, 11) is 1.90. The molecule has 2 aromatic heterocycles. The smallest absolute Gasteiger partial charge is 0.223 e. The van der Waals surface area contributed by atoms with Crippen molar-refractivity contribution < 1.29 is 15.0 Å². The van der Waals surface area contributed by atoms with Crippen LogP contribution in [0.4, 0.5) is 0 Å². The Morgan fingerprint density at radius 1 is 1.48 bits per heavy atom. The monoisotopic (exact) mass is 318 g/mol. The van der Waals surface area contributed by atoms with Crippen molar-refractivity contribution in [3.05, 3.63) is 24.2 Å². The number of rotatable bonds is 4. The van der Waals surface area contributed by atoms with Gasteiger partial charge in [0.1, 0.15) is 11.3 Å². The Kier molecular flexibility index (Phi) is 4.58. The molecule has 3 heterocycles. The number of aliphatic hydroxyl groups is 2. The predicted molar refractivity (Wildman–Crippen MR) is 84.6 cm³/mol. The molecule has 7 nitrogen and oxygen atoms in total. The minimum Gasteiger partial charge on any atom is -0.396 e. The van der Waals surface area contributed by atoms with Crippen LogP contribution < -0.4 is 0 Å². The molecule has 23 heavy (non-hydrogen) atoms. The molecule has 124 valence electrons. The van der Waals surface area contributed by atoms with Gasteiger partial charge in [-0.15, -0.1) is 0 Å². The number of hydrogen-bond donors (Lipinski definition) is 2. The summed E-state index contributed by atoms with van der Waals surface area (Å²) in [5.41, 5.74) is 1.64. The standard InChI is InChI=1S/C16H22N4O3/c1-19-14(18-12-3-2-7-17-16(12)19)4-5-15(23)20-8-6-11(10-21)13(22)9-20/h2-3,7,11,13,21-22H,4-6,8-10H2,1H3/t11-,13-/m1/s1. The molecule has 1 fully saturated rings. The maximum atomic E-state index is 12.3. The van der Waals surface area contributed by atoms with Gasteiger partial charge in [0.2, 0.25) is 5.91 Å². The summed E-state index contributed by atoms with van der Waals surface area (Å²) in [6, 6.07) is 3.75. The van der Waals surface area contributed by atoms with E-state index in [-0.39, 0.29) is 18.4 Å². The van der Waals surface area contributed by atoms with Crippen LogP contribution in [0.5, 0.6) is 0 Å². The molecule has 1 saturated heterocycles. The topological polar surface area (TPSA) is 91.5 Å². The van der Waals surface area contributed by atoms with Gasteiger partial charge in [-0.2, -0.15) is 0 Å². The highest BCUT2D eigenvalue weighted by molar-refractivity contribution is 5.77. The van der Waals surface area contributed by atoms with Crippen LogP contribution in [0.25, 0.3) is 11.2 Å². The lowest BCUT2D eigenvalue weighted by Crippen LogP contribution is -2.47. The molecule has 0 radical (unpaired) electrons. The lowest BCUT2D eigenvalue weighted by atomic mass is 9.94. The number of pyridine rings is 1. The third-order valence-corrected chi connectivity index (χ3v) is 4.59. The Bertz CT molecular complexity index is 700. The largest absolute Gasteiger partial charge is 0.396 e. The van der Waals surface area contributed by atoms with Crippen molar-refractivity contribution in [1.82, 2.24) is 19.4 Å². The van der Waals surface area contributed by atoms with Crippen molar-refractivity contribution in [2.45, 2.75) is 25.4 Å². The third-order valence-electron chi connectivity index (χ3n) is 4.59. The van der Waals surface area contributed by atoms with Crippen molar-refractivity contribution in [2.24, 2.45) is 13.0 Å². The second-order valence-electron chi connectivity index (χ2n) is 6.07. The van der Waals surface area contributed by atoms with Gasteiger partial charge in [0, 0.05) is 51.7 Å². The molecule has 0 bridgehead atoms. The van der Waals surface area contributed by atoms with Gasteiger partial charge in [-0.1, -0.05) is 0 Å². The fraction of sp³-hybridized carbons (Fsp3) is 0.562. The van der Waals surface area contributed by atoms with Crippen molar-refractivity contribution >= 4 is 17.1 Å². The molecule has 0 unspecified atom stereocenters. The molecule has 0 spiro atoms. The average molecular weight is 318 g/mol. The predicted octanol–water partition coefficient (Wildman–Crippen LogP) is 0.103. The highest BCUT2D eigenvalue weighted by Crippen LogP contribution is 2.19. The van der Waals surface area contributed by atoms with Crippen molar-refractivity contribution in [2.75, 3.05) is 19.7 Å². The number of piperidine rings is 1. The second kappa shape index (κ2) is 6.64. The van der Waals surface area contributed by atoms with E-state index in [9.17, 15) is 9.90 Å². The number of likely N-dealkylation sites (tertiary alicyclic amines) is 1. The first kappa shape index (κ1) is 15.9. The first-order chi connectivity index (χ1) is 11.1. The molecular weight excluding hydrogens is 296 g/mol. The number of imidazole rings is 1. The van der Waals surface area contributed by atoms with Crippen LogP contribution in [0.1, 0.15) is 18.7 Å². The van der Waals surface area contributed by atoms with Crippen molar-refractivity contribution in [1.29, 1.82) is 0 Å². The highest BCUT2D eigenvalue weighted by atomic mass is 16.3. The number of fused-ring (bicyclic) bond motifs is 1. The van der Waals surface area contributed by atoms with E-state index in [4.69, 9.17) is 5.11 Å². The van der Waals surface area contributed by atoms with Crippen LogP contribution in [-0.4, -0.2) is 61.4 Å². The fourth-order valence-corrected chi connectivity index (χ4v) is 3.09. The van der Waals surface area contributed by atoms with Crippen molar-refractivity contribution in [3.8, 4) is 0 Å². The maximum Gasteiger partial charge on any atom is 0.223 e. The number of amides is 1. The third kappa shape index (κ3) is 3.20. The molecule has 2 atom stereocenters. The van der Waals surface area contributed by atoms with E-state index in [1.54, 1.807) is 11.1 Å². The normalized spacial score (nSPS) is 21.8. The van der Waals surface area contributed by atoms with Crippen LogP contribution in [0.15, 0.2) is 18.3 Å². The molecule has 2 aromatic rings. The maximum absolute atomic E-state index is 12.3.